The SMILES string of the molecule is N#Cc1ccc(-c2csc(NC(=O)[C@H]3Cc4ccccc4C(=O)O3)n2)cc1. The molecule has 132 valence electrons. The lowest BCUT2D eigenvalue weighted by molar-refractivity contribution is -0.125. The smallest absolute Gasteiger partial charge is 0.339 e. The number of hydrogen-bond donors (Lipinski definition) is 1. The number of esters is 1. The summed E-state index contributed by atoms with van der Waals surface area (Å²) in [6, 6.07) is 16.2. The molecule has 0 unspecified atom stereocenters. The van der Waals surface area contributed by atoms with Gasteiger partial charge in [-0.3, -0.25) is 10.1 Å². The maximum absolute atomic E-state index is 12.5. The van der Waals surface area contributed by atoms with Crippen LogP contribution in [0.25, 0.3) is 11.3 Å². The Morgan fingerprint density at radius 3 is 2.78 bits per heavy atom. The van der Waals surface area contributed by atoms with Gasteiger partial charge < -0.3 is 4.74 Å². The molecule has 3 aromatic rings. The Labute approximate surface area is 159 Å². The Morgan fingerprint density at radius 2 is 2.00 bits per heavy atom. The molecule has 0 fully saturated rings. The zero-order valence-electron chi connectivity index (χ0n) is 14.0. The number of cyclic esters (lactones) is 1. The van der Waals surface area contributed by atoms with Crippen molar-refractivity contribution in [1.29, 1.82) is 5.26 Å². The third kappa shape index (κ3) is 3.43. The predicted octanol–water partition coefficient (Wildman–Crippen LogP) is 3.40. The number of benzene rings is 2. The summed E-state index contributed by atoms with van der Waals surface area (Å²) in [5.74, 6) is -0.895. The van der Waals surface area contributed by atoms with E-state index in [4.69, 9.17) is 10.00 Å². The lowest BCUT2D eigenvalue weighted by Gasteiger charge is -2.23. The van der Waals surface area contributed by atoms with E-state index < -0.39 is 18.0 Å². The van der Waals surface area contributed by atoms with Gasteiger partial charge in [0.05, 0.1) is 22.9 Å². The van der Waals surface area contributed by atoms with E-state index in [0.717, 1.165) is 11.1 Å². The molecule has 7 heteroatoms. The van der Waals surface area contributed by atoms with Crippen molar-refractivity contribution < 1.29 is 14.3 Å². The average Bonchev–Trinajstić information content (AvgIpc) is 3.16. The van der Waals surface area contributed by atoms with E-state index in [1.54, 1.807) is 36.4 Å². The minimum Gasteiger partial charge on any atom is -0.448 e. The van der Waals surface area contributed by atoms with Crippen LogP contribution in [-0.2, 0) is 16.0 Å². The number of nitrogens with zero attached hydrogens (tertiary/aromatic N) is 2. The highest BCUT2D eigenvalue weighted by Crippen LogP contribution is 2.26. The van der Waals surface area contributed by atoms with Crippen molar-refractivity contribution in [2.75, 3.05) is 5.32 Å². The molecular weight excluding hydrogens is 362 g/mol. The first kappa shape index (κ1) is 16.9. The molecule has 0 aliphatic carbocycles. The van der Waals surface area contributed by atoms with Crippen LogP contribution in [0, 0.1) is 11.3 Å². The highest BCUT2D eigenvalue weighted by atomic mass is 32.1. The monoisotopic (exact) mass is 375 g/mol. The fraction of sp³-hybridized carbons (Fsp3) is 0.100. The van der Waals surface area contributed by atoms with Crippen molar-refractivity contribution in [2.45, 2.75) is 12.5 Å². The first-order valence-corrected chi connectivity index (χ1v) is 9.08. The van der Waals surface area contributed by atoms with Crippen LogP contribution >= 0.6 is 11.3 Å². The van der Waals surface area contributed by atoms with E-state index in [9.17, 15) is 9.59 Å². The summed E-state index contributed by atoms with van der Waals surface area (Å²) >= 11 is 1.28. The molecule has 0 saturated carbocycles. The van der Waals surface area contributed by atoms with E-state index in [0.29, 0.717) is 28.4 Å². The van der Waals surface area contributed by atoms with Crippen molar-refractivity contribution >= 4 is 28.3 Å². The fourth-order valence-corrected chi connectivity index (χ4v) is 3.57. The van der Waals surface area contributed by atoms with Gasteiger partial charge in [-0.2, -0.15) is 5.26 Å². The minimum atomic E-state index is -0.880. The summed E-state index contributed by atoms with van der Waals surface area (Å²) < 4.78 is 5.26. The molecule has 1 aliphatic rings. The molecule has 4 rings (SSSR count). The molecule has 1 aliphatic heterocycles. The second kappa shape index (κ2) is 7.02. The number of ether oxygens (including phenoxy) is 1. The van der Waals surface area contributed by atoms with Crippen LogP contribution in [0.5, 0.6) is 0 Å². The number of amides is 1. The highest BCUT2D eigenvalue weighted by molar-refractivity contribution is 7.14. The lowest BCUT2D eigenvalue weighted by Crippen LogP contribution is -2.37. The quantitative estimate of drug-likeness (QED) is 0.708. The van der Waals surface area contributed by atoms with Gasteiger partial charge in [0.1, 0.15) is 0 Å². The van der Waals surface area contributed by atoms with Gasteiger partial charge >= 0.3 is 5.97 Å². The summed E-state index contributed by atoms with van der Waals surface area (Å²) in [6.45, 7) is 0. The number of nitriles is 1. The maximum Gasteiger partial charge on any atom is 0.339 e. The Morgan fingerprint density at radius 1 is 1.22 bits per heavy atom. The summed E-state index contributed by atoms with van der Waals surface area (Å²) in [4.78, 5) is 28.9. The van der Waals surface area contributed by atoms with Crippen LogP contribution in [0.15, 0.2) is 53.9 Å². The minimum absolute atomic E-state index is 0.335. The number of nitrogens with one attached hydrogen (secondary N) is 1. The first-order valence-electron chi connectivity index (χ1n) is 8.20. The van der Waals surface area contributed by atoms with Crippen molar-refractivity contribution in [2.24, 2.45) is 0 Å². The van der Waals surface area contributed by atoms with Crippen LogP contribution in [0.1, 0.15) is 21.5 Å². The molecule has 1 N–H and O–H groups in total. The molecule has 2 heterocycles. The lowest BCUT2D eigenvalue weighted by atomic mass is 9.98. The van der Waals surface area contributed by atoms with Crippen LogP contribution in [0.4, 0.5) is 5.13 Å². The molecule has 2 aromatic carbocycles. The number of rotatable bonds is 3. The van der Waals surface area contributed by atoms with Crippen molar-refractivity contribution in [1.82, 2.24) is 4.98 Å². The van der Waals surface area contributed by atoms with E-state index in [2.05, 4.69) is 16.4 Å². The summed E-state index contributed by atoms with van der Waals surface area (Å²) in [7, 11) is 0. The van der Waals surface area contributed by atoms with E-state index >= 15 is 0 Å². The summed E-state index contributed by atoms with van der Waals surface area (Å²) in [6.07, 6.45) is -0.545. The van der Waals surface area contributed by atoms with Gasteiger partial charge in [-0.1, -0.05) is 30.3 Å². The normalized spacial score (nSPS) is 15.4. The third-order valence-corrected chi connectivity index (χ3v) is 4.99. The second-order valence-electron chi connectivity index (χ2n) is 5.97. The second-order valence-corrected chi connectivity index (χ2v) is 6.83. The molecule has 0 spiro atoms. The number of fused-ring (bicyclic) bond motifs is 1. The van der Waals surface area contributed by atoms with E-state index in [-0.39, 0.29) is 0 Å². The van der Waals surface area contributed by atoms with Gasteiger partial charge in [0.25, 0.3) is 5.91 Å². The van der Waals surface area contributed by atoms with Gasteiger partial charge in [0, 0.05) is 17.4 Å². The first-order chi connectivity index (χ1) is 13.1. The molecule has 27 heavy (non-hydrogen) atoms. The van der Waals surface area contributed by atoms with Gasteiger partial charge in [0.15, 0.2) is 11.2 Å². The standard InChI is InChI=1S/C20H13N3O3S/c21-10-12-5-7-13(8-6-12)16-11-27-20(22-16)23-18(24)17-9-14-3-1-2-4-15(14)19(25)26-17/h1-8,11,17H,9H2,(H,22,23,24)/t17-/m1/s1. The topological polar surface area (TPSA) is 92.1 Å². The predicted molar refractivity (Wildman–Crippen MR) is 100 cm³/mol. The Bertz CT molecular complexity index is 1070. The number of carbonyl (C=O) groups excluding carboxylic acids is 2. The maximum atomic E-state index is 12.5. The molecule has 1 aromatic heterocycles. The number of aromatic nitrogens is 1. The molecule has 1 atom stereocenters. The number of thiazole rings is 1. The van der Waals surface area contributed by atoms with Gasteiger partial charge in [-0.05, 0) is 23.8 Å². The summed E-state index contributed by atoms with van der Waals surface area (Å²) in [5.41, 5.74) is 3.42. The van der Waals surface area contributed by atoms with Crippen LogP contribution in [-0.4, -0.2) is 23.0 Å². The fourth-order valence-electron chi connectivity index (χ4n) is 2.84. The van der Waals surface area contributed by atoms with Crippen molar-refractivity contribution in [3.63, 3.8) is 0 Å². The zero-order chi connectivity index (χ0) is 18.8. The number of hydrogen-bond acceptors (Lipinski definition) is 6. The summed E-state index contributed by atoms with van der Waals surface area (Å²) in [5, 5.41) is 13.8. The van der Waals surface area contributed by atoms with Crippen molar-refractivity contribution in [3.8, 4) is 17.3 Å². The molecule has 0 bridgehead atoms. The van der Waals surface area contributed by atoms with Crippen molar-refractivity contribution in [3.05, 3.63) is 70.6 Å². The van der Waals surface area contributed by atoms with E-state index in [1.807, 2.05) is 17.5 Å². The molecule has 0 saturated heterocycles. The largest absolute Gasteiger partial charge is 0.448 e. The van der Waals surface area contributed by atoms with E-state index in [1.165, 1.54) is 11.3 Å². The Balaban J connectivity index is 1.47. The average molecular weight is 375 g/mol. The molecular formula is C20H13N3O3S. The van der Waals surface area contributed by atoms with Crippen LogP contribution in [0.2, 0.25) is 0 Å². The Kier molecular flexibility index (Phi) is 4.40. The van der Waals surface area contributed by atoms with Gasteiger partial charge in [-0.15, -0.1) is 11.3 Å². The van der Waals surface area contributed by atoms with Crippen LogP contribution in [0.3, 0.4) is 0 Å². The number of anilines is 1. The molecule has 1 amide bonds. The molecule has 0 radical (unpaired) electrons. The zero-order valence-corrected chi connectivity index (χ0v) is 14.8. The van der Waals surface area contributed by atoms with Crippen LogP contribution < -0.4 is 5.32 Å². The van der Waals surface area contributed by atoms with Gasteiger partial charge in [0.2, 0.25) is 0 Å². The van der Waals surface area contributed by atoms with Gasteiger partial charge in [-0.25, -0.2) is 9.78 Å². The third-order valence-electron chi connectivity index (χ3n) is 4.23. The highest BCUT2D eigenvalue weighted by Gasteiger charge is 2.31. The Hall–Kier alpha value is -3.50. The number of carbonyl (C=O) groups is 2. The molecule has 6 nitrogen and oxygen atoms in total.